The zero-order chi connectivity index (χ0) is 10.7. The topological polar surface area (TPSA) is 55.1 Å². The summed E-state index contributed by atoms with van der Waals surface area (Å²) in [5, 5.41) is 2.57. The van der Waals surface area contributed by atoms with Crippen LogP contribution in [0.5, 0.6) is 0 Å². The summed E-state index contributed by atoms with van der Waals surface area (Å²) in [6.45, 7) is 0. The van der Waals surface area contributed by atoms with Crippen LogP contribution in [0.15, 0.2) is 41.3 Å². The Bertz CT molecular complexity index is 463. The van der Waals surface area contributed by atoms with E-state index >= 15 is 0 Å². The number of nitrogens with zero attached hydrogens (tertiary/aromatic N) is 1. The lowest BCUT2D eigenvalue weighted by molar-refractivity contribution is 0.0963. The Kier molecular flexibility index (Phi) is 2.49. The molecule has 0 saturated carbocycles. The van der Waals surface area contributed by atoms with Crippen molar-refractivity contribution in [1.82, 2.24) is 10.3 Å². The summed E-state index contributed by atoms with van der Waals surface area (Å²) >= 11 is 0. The molecule has 0 aliphatic carbocycles. The Balaban J connectivity index is 2.52. The van der Waals surface area contributed by atoms with E-state index in [9.17, 15) is 4.79 Å². The standard InChI is InChI=1S/C11H10N2O2/c1-12-11(14)9-3-2-5-13-10(9)8-4-6-15-7-8/h2-7H,1H3,(H,12,14). The third kappa shape index (κ3) is 1.74. The summed E-state index contributed by atoms with van der Waals surface area (Å²) in [5.74, 6) is -0.153. The van der Waals surface area contributed by atoms with E-state index in [0.717, 1.165) is 5.56 Å². The first-order valence-electron chi connectivity index (χ1n) is 4.52. The minimum absolute atomic E-state index is 0.153. The molecule has 2 aromatic rings. The minimum atomic E-state index is -0.153. The third-order valence-corrected chi connectivity index (χ3v) is 2.07. The molecule has 0 aliphatic heterocycles. The highest BCUT2D eigenvalue weighted by Crippen LogP contribution is 2.21. The number of furan rings is 1. The zero-order valence-corrected chi connectivity index (χ0v) is 8.23. The first-order chi connectivity index (χ1) is 7.33. The molecule has 4 heteroatoms. The summed E-state index contributed by atoms with van der Waals surface area (Å²) in [4.78, 5) is 15.7. The summed E-state index contributed by atoms with van der Waals surface area (Å²) in [5.41, 5.74) is 1.97. The predicted octanol–water partition coefficient (Wildman–Crippen LogP) is 1.70. The third-order valence-electron chi connectivity index (χ3n) is 2.07. The van der Waals surface area contributed by atoms with Gasteiger partial charge in [-0.1, -0.05) is 0 Å². The molecular formula is C11H10N2O2. The summed E-state index contributed by atoms with van der Waals surface area (Å²) in [6.07, 6.45) is 4.77. The van der Waals surface area contributed by atoms with Gasteiger partial charge in [0.2, 0.25) is 0 Å². The van der Waals surface area contributed by atoms with E-state index in [-0.39, 0.29) is 5.91 Å². The molecule has 4 nitrogen and oxygen atoms in total. The second kappa shape index (κ2) is 3.96. The van der Waals surface area contributed by atoms with Crippen LogP contribution in [-0.4, -0.2) is 17.9 Å². The smallest absolute Gasteiger partial charge is 0.253 e. The molecule has 0 aromatic carbocycles. The fourth-order valence-electron chi connectivity index (χ4n) is 1.35. The molecule has 0 aliphatic rings. The normalized spacial score (nSPS) is 9.93. The molecule has 0 fully saturated rings. The van der Waals surface area contributed by atoms with Crippen molar-refractivity contribution >= 4 is 5.91 Å². The van der Waals surface area contributed by atoms with E-state index in [2.05, 4.69) is 10.3 Å². The molecule has 0 bridgehead atoms. The number of hydrogen-bond donors (Lipinski definition) is 1. The molecule has 2 aromatic heterocycles. The Morgan fingerprint density at radius 2 is 2.33 bits per heavy atom. The SMILES string of the molecule is CNC(=O)c1cccnc1-c1ccoc1. The molecule has 15 heavy (non-hydrogen) atoms. The first kappa shape index (κ1) is 9.45. The van der Waals surface area contributed by atoms with E-state index in [1.807, 2.05) is 0 Å². The molecule has 0 unspecified atom stereocenters. The van der Waals surface area contributed by atoms with Gasteiger partial charge in [0.15, 0.2) is 0 Å². The second-order valence-corrected chi connectivity index (χ2v) is 2.99. The number of carbonyl (C=O) groups is 1. The van der Waals surface area contributed by atoms with Crippen LogP contribution < -0.4 is 5.32 Å². The monoisotopic (exact) mass is 202 g/mol. The molecule has 76 valence electrons. The number of carbonyl (C=O) groups excluding carboxylic acids is 1. The fourth-order valence-corrected chi connectivity index (χ4v) is 1.35. The largest absolute Gasteiger partial charge is 0.472 e. The average Bonchev–Trinajstić information content (AvgIpc) is 2.81. The molecule has 0 saturated heterocycles. The van der Waals surface area contributed by atoms with E-state index < -0.39 is 0 Å². The number of amides is 1. The van der Waals surface area contributed by atoms with Crippen LogP contribution in [0.4, 0.5) is 0 Å². The quantitative estimate of drug-likeness (QED) is 0.806. The molecule has 1 N–H and O–H groups in total. The van der Waals surface area contributed by atoms with Crippen LogP contribution in [0, 0.1) is 0 Å². The van der Waals surface area contributed by atoms with Crippen LogP contribution in [0.1, 0.15) is 10.4 Å². The van der Waals surface area contributed by atoms with Gasteiger partial charge in [-0.15, -0.1) is 0 Å². The van der Waals surface area contributed by atoms with Crippen molar-refractivity contribution in [3.8, 4) is 11.3 Å². The van der Waals surface area contributed by atoms with Crippen molar-refractivity contribution < 1.29 is 9.21 Å². The van der Waals surface area contributed by atoms with Crippen molar-refractivity contribution in [3.63, 3.8) is 0 Å². The van der Waals surface area contributed by atoms with Crippen molar-refractivity contribution in [3.05, 3.63) is 42.5 Å². The average molecular weight is 202 g/mol. The lowest BCUT2D eigenvalue weighted by Crippen LogP contribution is -2.18. The van der Waals surface area contributed by atoms with Gasteiger partial charge in [0.25, 0.3) is 5.91 Å². The maximum absolute atomic E-state index is 11.5. The molecule has 0 spiro atoms. The number of rotatable bonds is 2. The number of aromatic nitrogens is 1. The fraction of sp³-hybridized carbons (Fsp3) is 0.0909. The number of pyridine rings is 1. The lowest BCUT2D eigenvalue weighted by Gasteiger charge is -2.04. The van der Waals surface area contributed by atoms with Gasteiger partial charge in [-0.25, -0.2) is 0 Å². The van der Waals surface area contributed by atoms with Crippen LogP contribution >= 0.6 is 0 Å². The van der Waals surface area contributed by atoms with Gasteiger partial charge in [0.1, 0.15) is 0 Å². The summed E-state index contributed by atoms with van der Waals surface area (Å²) < 4.78 is 4.97. The Hall–Kier alpha value is -2.10. The van der Waals surface area contributed by atoms with Gasteiger partial charge in [-0.05, 0) is 18.2 Å². The van der Waals surface area contributed by atoms with Crippen molar-refractivity contribution in [2.45, 2.75) is 0 Å². The van der Waals surface area contributed by atoms with Crippen molar-refractivity contribution in [2.24, 2.45) is 0 Å². The van der Waals surface area contributed by atoms with Gasteiger partial charge in [-0.3, -0.25) is 9.78 Å². The molecular weight excluding hydrogens is 192 g/mol. The van der Waals surface area contributed by atoms with Gasteiger partial charge >= 0.3 is 0 Å². The van der Waals surface area contributed by atoms with Crippen molar-refractivity contribution in [2.75, 3.05) is 7.05 Å². The Labute approximate surface area is 86.9 Å². The van der Waals surface area contributed by atoms with Crippen LogP contribution in [-0.2, 0) is 0 Å². The van der Waals surface area contributed by atoms with E-state index in [1.54, 1.807) is 44.0 Å². The van der Waals surface area contributed by atoms with Crippen molar-refractivity contribution in [1.29, 1.82) is 0 Å². The van der Waals surface area contributed by atoms with Crippen LogP contribution in [0.25, 0.3) is 11.3 Å². The van der Waals surface area contributed by atoms with Crippen LogP contribution in [0.2, 0.25) is 0 Å². The second-order valence-electron chi connectivity index (χ2n) is 2.99. The van der Waals surface area contributed by atoms with E-state index in [0.29, 0.717) is 11.3 Å². The maximum Gasteiger partial charge on any atom is 0.253 e. The Morgan fingerprint density at radius 3 is 3.00 bits per heavy atom. The van der Waals surface area contributed by atoms with E-state index in [4.69, 9.17) is 4.42 Å². The van der Waals surface area contributed by atoms with Gasteiger partial charge in [0, 0.05) is 18.8 Å². The van der Waals surface area contributed by atoms with Gasteiger partial charge in [-0.2, -0.15) is 0 Å². The Morgan fingerprint density at radius 1 is 1.47 bits per heavy atom. The van der Waals surface area contributed by atoms with Gasteiger partial charge < -0.3 is 9.73 Å². The predicted molar refractivity (Wildman–Crippen MR) is 55.3 cm³/mol. The number of nitrogens with one attached hydrogen (secondary N) is 1. The minimum Gasteiger partial charge on any atom is -0.472 e. The lowest BCUT2D eigenvalue weighted by atomic mass is 10.1. The molecule has 0 atom stereocenters. The summed E-state index contributed by atoms with van der Waals surface area (Å²) in [7, 11) is 1.59. The number of hydrogen-bond acceptors (Lipinski definition) is 3. The maximum atomic E-state index is 11.5. The molecule has 0 radical (unpaired) electrons. The van der Waals surface area contributed by atoms with Crippen LogP contribution in [0.3, 0.4) is 0 Å². The molecule has 2 heterocycles. The highest BCUT2D eigenvalue weighted by molar-refractivity contribution is 5.99. The zero-order valence-electron chi connectivity index (χ0n) is 8.23. The van der Waals surface area contributed by atoms with Gasteiger partial charge in [0.05, 0.1) is 23.8 Å². The molecule has 1 amide bonds. The van der Waals surface area contributed by atoms with E-state index in [1.165, 1.54) is 0 Å². The summed E-state index contributed by atoms with van der Waals surface area (Å²) in [6, 6.07) is 5.23. The highest BCUT2D eigenvalue weighted by Gasteiger charge is 2.12. The molecule has 2 rings (SSSR count). The highest BCUT2D eigenvalue weighted by atomic mass is 16.3. The first-order valence-corrected chi connectivity index (χ1v) is 4.52.